The number of piperazine rings is 1. The Balaban J connectivity index is 1.43. The summed E-state index contributed by atoms with van der Waals surface area (Å²) in [5.74, 6) is 1.83. The molecule has 2 aromatic rings. The first kappa shape index (κ1) is 19.0. The number of aryl methyl sites for hydroxylation is 1. The Morgan fingerprint density at radius 2 is 1.68 bits per heavy atom. The zero-order chi connectivity index (χ0) is 19.5. The summed E-state index contributed by atoms with van der Waals surface area (Å²) in [6.07, 6.45) is 3.75. The van der Waals surface area contributed by atoms with E-state index in [1.807, 2.05) is 24.0 Å². The molecule has 2 saturated heterocycles. The molecule has 1 aromatic heterocycles. The SMILES string of the molecule is Cc1cc(N2CCCCC2)nc(N2CCN(C(=O)c3cccc(Cl)c3)CC2)n1. The molecule has 2 aliphatic rings. The first-order chi connectivity index (χ1) is 13.6. The largest absolute Gasteiger partial charge is 0.356 e. The zero-order valence-corrected chi connectivity index (χ0v) is 17.0. The number of carbonyl (C=O) groups is 1. The molecule has 148 valence electrons. The van der Waals surface area contributed by atoms with Crippen LogP contribution in [0.1, 0.15) is 35.3 Å². The predicted octanol–water partition coefficient (Wildman–Crippen LogP) is 3.39. The summed E-state index contributed by atoms with van der Waals surface area (Å²) >= 11 is 6.03. The van der Waals surface area contributed by atoms with E-state index in [2.05, 4.69) is 20.9 Å². The van der Waals surface area contributed by atoms with Crippen LogP contribution in [0.3, 0.4) is 0 Å². The third kappa shape index (κ3) is 4.22. The van der Waals surface area contributed by atoms with Gasteiger partial charge < -0.3 is 14.7 Å². The standard InChI is InChI=1S/C21H26ClN5O/c1-16-14-19(25-8-3-2-4-9-25)24-21(23-16)27-12-10-26(11-13-27)20(28)17-6-5-7-18(22)15-17/h5-7,14-15H,2-4,8-13H2,1H3. The lowest BCUT2D eigenvalue weighted by Crippen LogP contribution is -2.49. The lowest BCUT2D eigenvalue weighted by molar-refractivity contribution is 0.0746. The highest BCUT2D eigenvalue weighted by Gasteiger charge is 2.24. The van der Waals surface area contributed by atoms with Crippen LogP contribution in [-0.2, 0) is 0 Å². The van der Waals surface area contributed by atoms with Crippen molar-refractivity contribution in [2.45, 2.75) is 26.2 Å². The van der Waals surface area contributed by atoms with Gasteiger partial charge in [0.1, 0.15) is 5.82 Å². The zero-order valence-electron chi connectivity index (χ0n) is 16.3. The average Bonchev–Trinajstić information content (AvgIpc) is 2.73. The Bertz CT molecular complexity index is 844. The van der Waals surface area contributed by atoms with Crippen LogP contribution < -0.4 is 9.80 Å². The minimum absolute atomic E-state index is 0.0290. The molecule has 7 heteroatoms. The molecule has 0 spiro atoms. The van der Waals surface area contributed by atoms with E-state index in [1.165, 1.54) is 19.3 Å². The van der Waals surface area contributed by atoms with Crippen LogP contribution in [0.2, 0.25) is 5.02 Å². The number of amides is 1. The first-order valence-electron chi connectivity index (χ1n) is 10.0. The maximum atomic E-state index is 12.7. The second-order valence-electron chi connectivity index (χ2n) is 7.50. The Labute approximate surface area is 171 Å². The van der Waals surface area contributed by atoms with Crippen molar-refractivity contribution >= 4 is 29.3 Å². The van der Waals surface area contributed by atoms with Crippen molar-refractivity contribution in [1.82, 2.24) is 14.9 Å². The Hall–Kier alpha value is -2.34. The van der Waals surface area contributed by atoms with Crippen molar-refractivity contribution in [3.05, 3.63) is 46.6 Å². The van der Waals surface area contributed by atoms with Gasteiger partial charge in [0.2, 0.25) is 5.95 Å². The second kappa shape index (κ2) is 8.35. The number of piperidine rings is 1. The fourth-order valence-electron chi connectivity index (χ4n) is 3.88. The number of nitrogens with zero attached hydrogens (tertiary/aromatic N) is 5. The van der Waals surface area contributed by atoms with Crippen LogP contribution in [0.25, 0.3) is 0 Å². The molecular formula is C21H26ClN5O. The van der Waals surface area contributed by atoms with Crippen LogP contribution in [0.5, 0.6) is 0 Å². The number of halogens is 1. The molecule has 0 bridgehead atoms. The summed E-state index contributed by atoms with van der Waals surface area (Å²) in [6.45, 7) is 6.93. The minimum Gasteiger partial charge on any atom is -0.356 e. The van der Waals surface area contributed by atoms with E-state index in [9.17, 15) is 4.79 Å². The van der Waals surface area contributed by atoms with E-state index in [-0.39, 0.29) is 5.91 Å². The quantitative estimate of drug-likeness (QED) is 0.791. The molecule has 0 atom stereocenters. The van der Waals surface area contributed by atoms with Crippen molar-refractivity contribution in [2.75, 3.05) is 49.1 Å². The summed E-state index contributed by atoms with van der Waals surface area (Å²) in [4.78, 5) is 28.6. The van der Waals surface area contributed by atoms with Gasteiger partial charge in [-0.25, -0.2) is 4.98 Å². The minimum atomic E-state index is 0.0290. The highest BCUT2D eigenvalue weighted by Crippen LogP contribution is 2.22. The molecule has 0 unspecified atom stereocenters. The highest BCUT2D eigenvalue weighted by atomic mass is 35.5. The second-order valence-corrected chi connectivity index (χ2v) is 7.94. The topological polar surface area (TPSA) is 52.6 Å². The van der Waals surface area contributed by atoms with Crippen LogP contribution in [0, 0.1) is 6.92 Å². The normalized spacial score (nSPS) is 17.7. The third-order valence-corrected chi connectivity index (χ3v) is 5.67. The van der Waals surface area contributed by atoms with Gasteiger partial charge in [-0.15, -0.1) is 0 Å². The van der Waals surface area contributed by atoms with Crippen molar-refractivity contribution < 1.29 is 4.79 Å². The number of carbonyl (C=O) groups excluding carboxylic acids is 1. The van der Waals surface area contributed by atoms with Gasteiger partial charge in [0.05, 0.1) is 0 Å². The van der Waals surface area contributed by atoms with Crippen molar-refractivity contribution in [1.29, 1.82) is 0 Å². The average molecular weight is 400 g/mol. The molecule has 0 radical (unpaired) electrons. The lowest BCUT2D eigenvalue weighted by Gasteiger charge is -2.35. The molecule has 1 amide bonds. The number of hydrogen-bond acceptors (Lipinski definition) is 5. The van der Waals surface area contributed by atoms with Crippen molar-refractivity contribution in [3.63, 3.8) is 0 Å². The molecule has 2 fully saturated rings. The third-order valence-electron chi connectivity index (χ3n) is 5.43. The van der Waals surface area contributed by atoms with Gasteiger partial charge in [-0.2, -0.15) is 4.98 Å². The van der Waals surface area contributed by atoms with Crippen LogP contribution in [-0.4, -0.2) is 60.0 Å². The van der Waals surface area contributed by atoms with E-state index in [0.717, 1.165) is 43.6 Å². The van der Waals surface area contributed by atoms with E-state index in [0.29, 0.717) is 23.7 Å². The highest BCUT2D eigenvalue weighted by molar-refractivity contribution is 6.30. The van der Waals surface area contributed by atoms with Gasteiger partial charge in [-0.05, 0) is 44.4 Å². The fourth-order valence-corrected chi connectivity index (χ4v) is 4.07. The van der Waals surface area contributed by atoms with Crippen LogP contribution in [0.4, 0.5) is 11.8 Å². The van der Waals surface area contributed by atoms with Gasteiger partial charge in [-0.3, -0.25) is 4.79 Å². The smallest absolute Gasteiger partial charge is 0.254 e. The maximum Gasteiger partial charge on any atom is 0.254 e. The van der Waals surface area contributed by atoms with Gasteiger partial charge >= 0.3 is 0 Å². The molecule has 0 saturated carbocycles. The fraction of sp³-hybridized carbons (Fsp3) is 0.476. The molecular weight excluding hydrogens is 374 g/mol. The molecule has 0 N–H and O–H groups in total. The summed E-state index contributed by atoms with van der Waals surface area (Å²) in [5, 5.41) is 0.586. The summed E-state index contributed by atoms with van der Waals surface area (Å²) in [5.41, 5.74) is 1.63. The van der Waals surface area contributed by atoms with E-state index < -0.39 is 0 Å². The van der Waals surface area contributed by atoms with Crippen molar-refractivity contribution in [2.24, 2.45) is 0 Å². The van der Waals surface area contributed by atoms with Crippen molar-refractivity contribution in [3.8, 4) is 0 Å². The number of benzene rings is 1. The Kier molecular flexibility index (Phi) is 5.67. The molecule has 2 aliphatic heterocycles. The van der Waals surface area contributed by atoms with E-state index >= 15 is 0 Å². The van der Waals surface area contributed by atoms with Gasteiger partial charge in [0.15, 0.2) is 0 Å². The molecule has 0 aliphatic carbocycles. The lowest BCUT2D eigenvalue weighted by atomic mass is 10.1. The maximum absolute atomic E-state index is 12.7. The molecule has 28 heavy (non-hydrogen) atoms. The predicted molar refractivity (Wildman–Crippen MR) is 112 cm³/mol. The summed E-state index contributed by atoms with van der Waals surface area (Å²) < 4.78 is 0. The van der Waals surface area contributed by atoms with Gasteiger partial charge in [0, 0.05) is 61.6 Å². The van der Waals surface area contributed by atoms with Gasteiger partial charge in [-0.1, -0.05) is 17.7 Å². The molecule has 4 rings (SSSR count). The van der Waals surface area contributed by atoms with Gasteiger partial charge in [0.25, 0.3) is 5.91 Å². The number of aromatic nitrogens is 2. The first-order valence-corrected chi connectivity index (χ1v) is 10.4. The summed E-state index contributed by atoms with van der Waals surface area (Å²) in [7, 11) is 0. The molecule has 3 heterocycles. The summed E-state index contributed by atoms with van der Waals surface area (Å²) in [6, 6.07) is 9.22. The monoisotopic (exact) mass is 399 g/mol. The van der Waals surface area contributed by atoms with E-state index in [1.54, 1.807) is 12.1 Å². The van der Waals surface area contributed by atoms with Crippen LogP contribution in [0.15, 0.2) is 30.3 Å². The molecule has 6 nitrogen and oxygen atoms in total. The number of anilines is 2. The molecule has 1 aromatic carbocycles. The number of rotatable bonds is 3. The Morgan fingerprint density at radius 3 is 2.39 bits per heavy atom. The number of hydrogen-bond donors (Lipinski definition) is 0. The van der Waals surface area contributed by atoms with E-state index in [4.69, 9.17) is 16.6 Å². The Morgan fingerprint density at radius 1 is 0.929 bits per heavy atom. The van der Waals surface area contributed by atoms with Crippen LogP contribution >= 0.6 is 11.6 Å².